The van der Waals surface area contributed by atoms with Crippen molar-refractivity contribution < 1.29 is 9.18 Å². The molecule has 2 rings (SSSR count). The number of thiophene rings is 1. The number of carbonyl (C=O) groups excluding carboxylic acids is 1. The van der Waals surface area contributed by atoms with Crippen LogP contribution in [0.4, 0.5) is 4.39 Å². The van der Waals surface area contributed by atoms with Crippen LogP contribution in [0.3, 0.4) is 0 Å². The van der Waals surface area contributed by atoms with E-state index in [1.165, 1.54) is 29.7 Å². The first kappa shape index (κ1) is 12.9. The molecule has 0 spiro atoms. The van der Waals surface area contributed by atoms with E-state index in [4.69, 9.17) is 5.26 Å². The van der Waals surface area contributed by atoms with E-state index < -0.39 is 11.7 Å². The average Bonchev–Trinajstić information content (AvgIpc) is 2.91. The summed E-state index contributed by atoms with van der Waals surface area (Å²) in [5.41, 5.74) is 3.09. The lowest BCUT2D eigenvalue weighted by molar-refractivity contribution is 0.0951. The SMILES string of the molecule is N#Cc1ccc(C(=O)NN=Cc2ccsc2)c(F)c1. The average molecular weight is 273 g/mol. The van der Waals surface area contributed by atoms with Crippen molar-refractivity contribution in [2.24, 2.45) is 5.10 Å². The van der Waals surface area contributed by atoms with Gasteiger partial charge in [0.2, 0.25) is 0 Å². The second-order valence-corrected chi connectivity index (χ2v) is 4.34. The number of hydrazone groups is 1. The summed E-state index contributed by atoms with van der Waals surface area (Å²) in [5.74, 6) is -1.41. The highest BCUT2D eigenvalue weighted by atomic mass is 32.1. The molecule has 1 amide bonds. The molecule has 1 aromatic heterocycles. The second kappa shape index (κ2) is 5.89. The minimum Gasteiger partial charge on any atom is -0.267 e. The molecular weight excluding hydrogens is 265 g/mol. The summed E-state index contributed by atoms with van der Waals surface area (Å²) in [4.78, 5) is 11.6. The van der Waals surface area contributed by atoms with Crippen molar-refractivity contribution in [1.82, 2.24) is 5.43 Å². The fourth-order valence-corrected chi connectivity index (χ4v) is 1.95. The minimum atomic E-state index is -0.748. The molecule has 0 fully saturated rings. The maximum absolute atomic E-state index is 13.5. The summed E-state index contributed by atoms with van der Waals surface area (Å²) in [6.45, 7) is 0. The van der Waals surface area contributed by atoms with Gasteiger partial charge in [0.1, 0.15) is 5.82 Å². The van der Waals surface area contributed by atoms with Crippen LogP contribution < -0.4 is 5.43 Å². The number of nitrogens with one attached hydrogen (secondary N) is 1. The third-order valence-electron chi connectivity index (χ3n) is 2.27. The number of halogens is 1. The Balaban J connectivity index is 2.06. The van der Waals surface area contributed by atoms with Crippen LogP contribution in [0.15, 0.2) is 40.1 Å². The normalized spacial score (nSPS) is 10.3. The fraction of sp³-hybridized carbons (Fsp3) is 0. The van der Waals surface area contributed by atoms with Crippen molar-refractivity contribution in [3.63, 3.8) is 0 Å². The van der Waals surface area contributed by atoms with E-state index in [1.54, 1.807) is 6.07 Å². The Morgan fingerprint density at radius 3 is 2.95 bits per heavy atom. The molecule has 0 saturated carbocycles. The fourth-order valence-electron chi connectivity index (χ4n) is 1.34. The van der Waals surface area contributed by atoms with E-state index in [1.807, 2.05) is 16.8 Å². The number of rotatable bonds is 3. The lowest BCUT2D eigenvalue weighted by Gasteiger charge is -2.01. The van der Waals surface area contributed by atoms with Crippen molar-refractivity contribution in [2.75, 3.05) is 0 Å². The summed E-state index contributed by atoms with van der Waals surface area (Å²) in [5, 5.41) is 16.1. The van der Waals surface area contributed by atoms with Crippen LogP contribution in [0.2, 0.25) is 0 Å². The van der Waals surface area contributed by atoms with Gasteiger partial charge in [-0.25, -0.2) is 9.82 Å². The highest BCUT2D eigenvalue weighted by Crippen LogP contribution is 2.09. The number of carbonyl (C=O) groups is 1. The first-order valence-electron chi connectivity index (χ1n) is 5.26. The summed E-state index contributed by atoms with van der Waals surface area (Å²) in [7, 11) is 0. The van der Waals surface area contributed by atoms with Gasteiger partial charge in [-0.2, -0.15) is 21.7 Å². The molecule has 0 bridgehead atoms. The van der Waals surface area contributed by atoms with Crippen molar-refractivity contribution in [3.05, 3.63) is 57.5 Å². The second-order valence-electron chi connectivity index (χ2n) is 3.56. The number of benzene rings is 1. The van der Waals surface area contributed by atoms with Gasteiger partial charge in [-0.15, -0.1) is 0 Å². The summed E-state index contributed by atoms with van der Waals surface area (Å²) in [6, 6.07) is 7.27. The topological polar surface area (TPSA) is 65.2 Å². The van der Waals surface area contributed by atoms with Crippen molar-refractivity contribution in [2.45, 2.75) is 0 Å². The maximum Gasteiger partial charge on any atom is 0.274 e. The molecule has 4 nitrogen and oxygen atoms in total. The Kier molecular flexibility index (Phi) is 4.00. The standard InChI is InChI=1S/C13H8FN3OS/c14-12-5-9(6-15)1-2-11(12)13(18)17-16-7-10-3-4-19-8-10/h1-5,7-8H,(H,17,18). The molecule has 6 heteroatoms. The van der Waals surface area contributed by atoms with Gasteiger partial charge in [-0.3, -0.25) is 4.79 Å². The van der Waals surface area contributed by atoms with Crippen LogP contribution in [0, 0.1) is 17.1 Å². The molecule has 0 unspecified atom stereocenters. The van der Waals surface area contributed by atoms with Crippen LogP contribution in [0.25, 0.3) is 0 Å². The van der Waals surface area contributed by atoms with Crippen molar-refractivity contribution in [1.29, 1.82) is 5.26 Å². The molecule has 2 aromatic rings. The molecular formula is C13H8FN3OS. The summed E-state index contributed by atoms with van der Waals surface area (Å²) >= 11 is 1.51. The molecule has 0 saturated heterocycles. The molecule has 1 heterocycles. The first-order valence-corrected chi connectivity index (χ1v) is 6.20. The van der Waals surface area contributed by atoms with Gasteiger partial charge >= 0.3 is 0 Å². The summed E-state index contributed by atoms with van der Waals surface area (Å²) < 4.78 is 13.5. The number of hydrogen-bond acceptors (Lipinski definition) is 4. The van der Waals surface area contributed by atoms with E-state index in [-0.39, 0.29) is 11.1 Å². The predicted molar refractivity (Wildman–Crippen MR) is 70.5 cm³/mol. The number of hydrogen-bond donors (Lipinski definition) is 1. The van der Waals surface area contributed by atoms with Crippen LogP contribution in [-0.4, -0.2) is 12.1 Å². The van der Waals surface area contributed by atoms with Gasteiger partial charge in [0.05, 0.1) is 23.4 Å². The smallest absolute Gasteiger partial charge is 0.267 e. The monoisotopic (exact) mass is 273 g/mol. The van der Waals surface area contributed by atoms with Crippen molar-refractivity contribution in [3.8, 4) is 6.07 Å². The summed E-state index contributed by atoms with van der Waals surface area (Å²) in [6.07, 6.45) is 1.47. The lowest BCUT2D eigenvalue weighted by Crippen LogP contribution is -2.19. The van der Waals surface area contributed by atoms with Gasteiger partial charge in [-0.05, 0) is 35.0 Å². The molecule has 19 heavy (non-hydrogen) atoms. The quantitative estimate of drug-likeness (QED) is 0.689. The van der Waals surface area contributed by atoms with E-state index in [9.17, 15) is 9.18 Å². The lowest BCUT2D eigenvalue weighted by atomic mass is 10.1. The Labute approximate surface area is 112 Å². The largest absolute Gasteiger partial charge is 0.274 e. The molecule has 94 valence electrons. The van der Waals surface area contributed by atoms with Gasteiger partial charge in [-0.1, -0.05) is 0 Å². The first-order chi connectivity index (χ1) is 9.20. The number of nitrogens with zero attached hydrogens (tertiary/aromatic N) is 2. The highest BCUT2D eigenvalue weighted by molar-refractivity contribution is 7.08. The number of amides is 1. The van der Waals surface area contributed by atoms with Gasteiger partial charge < -0.3 is 0 Å². The van der Waals surface area contributed by atoms with Gasteiger partial charge in [0.15, 0.2) is 0 Å². The molecule has 0 radical (unpaired) electrons. The third kappa shape index (κ3) is 3.24. The molecule has 0 atom stereocenters. The Hall–Kier alpha value is -2.52. The molecule has 0 aliphatic rings. The van der Waals surface area contributed by atoms with Crippen LogP contribution in [0.1, 0.15) is 21.5 Å². The zero-order valence-corrected chi connectivity index (χ0v) is 10.4. The maximum atomic E-state index is 13.5. The van der Waals surface area contributed by atoms with E-state index in [0.717, 1.165) is 11.6 Å². The Morgan fingerprint density at radius 2 is 2.32 bits per heavy atom. The molecule has 1 aromatic carbocycles. The van der Waals surface area contributed by atoms with E-state index >= 15 is 0 Å². The van der Waals surface area contributed by atoms with Gasteiger partial charge in [0.25, 0.3) is 5.91 Å². The molecule has 0 aliphatic heterocycles. The van der Waals surface area contributed by atoms with E-state index in [0.29, 0.717) is 0 Å². The third-order valence-corrected chi connectivity index (χ3v) is 2.97. The molecule has 1 N–H and O–H groups in total. The van der Waals surface area contributed by atoms with Crippen LogP contribution in [-0.2, 0) is 0 Å². The molecule has 0 aliphatic carbocycles. The zero-order chi connectivity index (χ0) is 13.7. The van der Waals surface area contributed by atoms with Crippen LogP contribution in [0.5, 0.6) is 0 Å². The predicted octanol–water partition coefficient (Wildman–Crippen LogP) is 2.52. The van der Waals surface area contributed by atoms with Gasteiger partial charge in [0, 0.05) is 5.56 Å². The van der Waals surface area contributed by atoms with Crippen LogP contribution >= 0.6 is 11.3 Å². The minimum absolute atomic E-state index is 0.151. The zero-order valence-electron chi connectivity index (χ0n) is 9.63. The van der Waals surface area contributed by atoms with Crippen molar-refractivity contribution >= 4 is 23.5 Å². The number of nitriles is 1. The van der Waals surface area contributed by atoms with E-state index in [2.05, 4.69) is 10.5 Å². The highest BCUT2D eigenvalue weighted by Gasteiger charge is 2.11. The Morgan fingerprint density at radius 1 is 1.47 bits per heavy atom. The Bertz CT molecular complexity index is 659.